The van der Waals surface area contributed by atoms with Gasteiger partial charge in [-0.15, -0.1) is 0 Å². The zero-order valence-corrected chi connectivity index (χ0v) is 9.22. The second kappa shape index (κ2) is 3.91. The lowest BCUT2D eigenvalue weighted by atomic mass is 10.1. The fourth-order valence-electron chi connectivity index (χ4n) is 1.25. The van der Waals surface area contributed by atoms with E-state index in [9.17, 15) is 0 Å². The van der Waals surface area contributed by atoms with Crippen molar-refractivity contribution in [2.45, 2.75) is 46.5 Å². The Morgan fingerprint density at radius 2 is 1.31 bits per heavy atom. The summed E-state index contributed by atoms with van der Waals surface area (Å²) in [6.45, 7) is 10.7. The van der Waals surface area contributed by atoms with Gasteiger partial charge in [-0.1, -0.05) is 27.7 Å². The first-order valence-corrected chi connectivity index (χ1v) is 4.95. The van der Waals surface area contributed by atoms with Gasteiger partial charge in [0.15, 0.2) is 0 Å². The summed E-state index contributed by atoms with van der Waals surface area (Å²) in [4.78, 5) is 0. The van der Waals surface area contributed by atoms with Gasteiger partial charge < -0.3 is 0 Å². The molecule has 0 N–H and O–H groups in total. The van der Waals surface area contributed by atoms with Crippen molar-refractivity contribution >= 4 is 0 Å². The van der Waals surface area contributed by atoms with Gasteiger partial charge in [0.1, 0.15) is 0 Å². The van der Waals surface area contributed by atoms with Gasteiger partial charge in [-0.2, -0.15) is 0 Å². The largest absolute Gasteiger partial charge is 0.332 e. The van der Waals surface area contributed by atoms with E-state index in [1.807, 2.05) is 0 Å². The van der Waals surface area contributed by atoms with Gasteiger partial charge in [-0.05, 0) is 12.5 Å². The van der Waals surface area contributed by atoms with Crippen LogP contribution in [0.4, 0.5) is 0 Å². The first kappa shape index (κ1) is 10.2. The lowest BCUT2D eigenvalue weighted by Gasteiger charge is -1.99. The van der Waals surface area contributed by atoms with Gasteiger partial charge in [0.25, 0.3) is 0 Å². The Morgan fingerprint density at radius 1 is 0.923 bits per heavy atom. The maximum atomic E-state index is 5.78. The quantitative estimate of drug-likeness (QED) is 0.622. The Labute approximate surface area is 80.8 Å². The molecular formula is C12H19O+. The van der Waals surface area contributed by atoms with Crippen LogP contribution in [0.5, 0.6) is 0 Å². The van der Waals surface area contributed by atoms with Crippen molar-refractivity contribution in [3.8, 4) is 0 Å². The van der Waals surface area contributed by atoms with E-state index in [1.165, 1.54) is 5.56 Å². The summed E-state index contributed by atoms with van der Waals surface area (Å²) < 4.78 is 5.78. The van der Waals surface area contributed by atoms with Crippen molar-refractivity contribution in [2.24, 2.45) is 0 Å². The van der Waals surface area contributed by atoms with Crippen molar-refractivity contribution in [1.82, 2.24) is 0 Å². The maximum absolute atomic E-state index is 5.78. The van der Waals surface area contributed by atoms with Crippen LogP contribution in [0.25, 0.3) is 0 Å². The zero-order valence-electron chi connectivity index (χ0n) is 9.22. The van der Waals surface area contributed by atoms with Crippen LogP contribution in [-0.2, 0) is 0 Å². The molecule has 1 nitrogen and oxygen atoms in total. The number of hydrogen-bond donors (Lipinski definition) is 0. The number of hydrogen-bond acceptors (Lipinski definition) is 0. The third kappa shape index (κ3) is 2.55. The molecule has 0 atom stereocenters. The monoisotopic (exact) mass is 179 g/mol. The van der Waals surface area contributed by atoms with Crippen molar-refractivity contribution < 1.29 is 4.42 Å². The van der Waals surface area contributed by atoms with Gasteiger partial charge in [0, 0.05) is 12.1 Å². The Hall–Kier alpha value is -0.850. The van der Waals surface area contributed by atoms with Gasteiger partial charge in [0.2, 0.25) is 0 Å². The zero-order chi connectivity index (χ0) is 10.0. The molecule has 1 aromatic rings. The molecule has 1 heterocycles. The van der Waals surface area contributed by atoms with Crippen LogP contribution in [0.3, 0.4) is 0 Å². The van der Waals surface area contributed by atoms with E-state index in [4.69, 9.17) is 4.42 Å². The van der Waals surface area contributed by atoms with Crippen LogP contribution < -0.4 is 0 Å². The molecule has 0 aliphatic rings. The summed E-state index contributed by atoms with van der Waals surface area (Å²) in [7, 11) is 0. The molecular weight excluding hydrogens is 160 g/mol. The van der Waals surface area contributed by atoms with Crippen LogP contribution >= 0.6 is 0 Å². The highest BCUT2D eigenvalue weighted by Gasteiger charge is 2.19. The molecule has 0 radical (unpaired) electrons. The Kier molecular flexibility index (Phi) is 3.07. The highest BCUT2D eigenvalue weighted by molar-refractivity contribution is 5.19. The van der Waals surface area contributed by atoms with E-state index < -0.39 is 0 Å². The van der Waals surface area contributed by atoms with Gasteiger partial charge in [0.05, 0.1) is 11.8 Å². The molecule has 0 spiro atoms. The lowest BCUT2D eigenvalue weighted by Crippen LogP contribution is -1.94. The SMILES string of the molecule is Cc1cc(C(C)C)[o+]c(C(C)C)c1. The molecule has 0 saturated heterocycles. The van der Waals surface area contributed by atoms with E-state index in [2.05, 4.69) is 46.8 Å². The predicted molar refractivity (Wildman–Crippen MR) is 56.0 cm³/mol. The minimum Gasteiger partial charge on any atom is -0.217 e. The average molecular weight is 179 g/mol. The summed E-state index contributed by atoms with van der Waals surface area (Å²) in [5.41, 5.74) is 1.29. The first-order valence-electron chi connectivity index (χ1n) is 4.95. The van der Waals surface area contributed by atoms with Gasteiger partial charge in [-0.25, -0.2) is 4.42 Å². The van der Waals surface area contributed by atoms with Crippen molar-refractivity contribution in [2.75, 3.05) is 0 Å². The van der Waals surface area contributed by atoms with Crippen molar-refractivity contribution in [3.05, 3.63) is 29.2 Å². The topological polar surface area (TPSA) is 11.3 Å². The molecule has 0 unspecified atom stereocenters. The minimum absolute atomic E-state index is 0.470. The van der Waals surface area contributed by atoms with Gasteiger partial charge >= 0.3 is 11.5 Å². The van der Waals surface area contributed by atoms with Crippen LogP contribution in [0.1, 0.15) is 56.6 Å². The predicted octanol–water partition coefficient (Wildman–Crippen LogP) is 4.12. The Morgan fingerprint density at radius 3 is 1.62 bits per heavy atom. The molecule has 1 heteroatoms. The molecule has 72 valence electrons. The van der Waals surface area contributed by atoms with Crippen molar-refractivity contribution in [3.63, 3.8) is 0 Å². The third-order valence-corrected chi connectivity index (χ3v) is 2.11. The molecule has 13 heavy (non-hydrogen) atoms. The second-order valence-corrected chi connectivity index (χ2v) is 4.25. The molecule has 0 amide bonds. The molecule has 0 aliphatic heterocycles. The summed E-state index contributed by atoms with van der Waals surface area (Å²) in [6.07, 6.45) is 0. The molecule has 0 fully saturated rings. The molecule has 0 aliphatic carbocycles. The standard InChI is InChI=1S/C12H19O/c1-8(2)11-6-10(5)7-12(13-11)9(3)4/h6-9H,1-5H3/q+1. The summed E-state index contributed by atoms with van der Waals surface area (Å²) in [6, 6.07) is 4.24. The summed E-state index contributed by atoms with van der Waals surface area (Å²) in [5.74, 6) is 3.11. The lowest BCUT2D eigenvalue weighted by molar-refractivity contribution is 0.413. The Balaban J connectivity index is 3.11. The molecule has 1 aromatic heterocycles. The molecule has 0 aromatic carbocycles. The fraction of sp³-hybridized carbons (Fsp3) is 0.583. The van der Waals surface area contributed by atoms with Crippen LogP contribution in [0.2, 0.25) is 0 Å². The van der Waals surface area contributed by atoms with Crippen LogP contribution in [0.15, 0.2) is 16.5 Å². The maximum Gasteiger partial charge on any atom is 0.332 e. The van der Waals surface area contributed by atoms with Gasteiger partial charge in [-0.3, -0.25) is 0 Å². The average Bonchev–Trinajstić information content (AvgIpc) is 2.03. The van der Waals surface area contributed by atoms with E-state index in [0.717, 1.165) is 11.5 Å². The third-order valence-electron chi connectivity index (χ3n) is 2.11. The summed E-state index contributed by atoms with van der Waals surface area (Å²) >= 11 is 0. The van der Waals surface area contributed by atoms with E-state index >= 15 is 0 Å². The second-order valence-electron chi connectivity index (χ2n) is 4.25. The number of aryl methyl sites for hydroxylation is 1. The van der Waals surface area contributed by atoms with E-state index in [0.29, 0.717) is 11.8 Å². The fourth-order valence-corrected chi connectivity index (χ4v) is 1.25. The highest BCUT2D eigenvalue weighted by Crippen LogP contribution is 2.22. The number of rotatable bonds is 2. The smallest absolute Gasteiger partial charge is 0.217 e. The van der Waals surface area contributed by atoms with E-state index in [1.54, 1.807) is 0 Å². The molecule has 1 rings (SSSR count). The molecule has 0 bridgehead atoms. The van der Waals surface area contributed by atoms with Crippen molar-refractivity contribution in [1.29, 1.82) is 0 Å². The first-order chi connectivity index (χ1) is 6.00. The van der Waals surface area contributed by atoms with Crippen LogP contribution in [0, 0.1) is 6.92 Å². The highest BCUT2D eigenvalue weighted by atomic mass is 16.3. The Bertz CT molecular complexity index is 261. The van der Waals surface area contributed by atoms with E-state index in [-0.39, 0.29) is 0 Å². The molecule has 0 saturated carbocycles. The minimum atomic E-state index is 0.470. The summed E-state index contributed by atoms with van der Waals surface area (Å²) in [5, 5.41) is 0. The normalized spacial score (nSPS) is 11.3. The van der Waals surface area contributed by atoms with Crippen LogP contribution in [-0.4, -0.2) is 0 Å².